The number of benzene rings is 8. The van der Waals surface area contributed by atoms with Gasteiger partial charge in [0.15, 0.2) is 0 Å². The van der Waals surface area contributed by atoms with Gasteiger partial charge in [0.25, 0.3) is 0 Å². The van der Waals surface area contributed by atoms with Gasteiger partial charge in [0.05, 0.1) is 39.0 Å². The van der Waals surface area contributed by atoms with Crippen LogP contribution < -0.4 is 0 Å². The number of para-hydroxylation sites is 3. The van der Waals surface area contributed by atoms with E-state index in [0.29, 0.717) is 5.95 Å². The van der Waals surface area contributed by atoms with Crippen molar-refractivity contribution in [2.75, 3.05) is 0 Å². The Labute approximate surface area is 346 Å². The average molecular weight is 766 g/mol. The van der Waals surface area contributed by atoms with Crippen molar-refractivity contribution in [3.8, 4) is 56.5 Å². The molecule has 4 heterocycles. The summed E-state index contributed by atoms with van der Waals surface area (Å²) in [6.45, 7) is 0. The van der Waals surface area contributed by atoms with Gasteiger partial charge in [-0.15, -0.1) is 0 Å². The van der Waals surface area contributed by atoms with Crippen molar-refractivity contribution in [1.82, 2.24) is 24.1 Å². The standard InChI is InChI=1S/C55H35N5/c1-4-16-36(17-5-1)38-28-30-40(31-29-38)54-42-22-10-13-25-45(42)57-55(58-54)60-48-27-15-12-24-44(48)53-50(60)33-32-49-52(53)43-23-11-14-26-47(43)59(49)51-35-41(37-18-6-2-7-19-37)34-46(56-51)39-20-8-3-9-21-39/h1-35H. The Morgan fingerprint density at radius 3 is 1.43 bits per heavy atom. The minimum absolute atomic E-state index is 0.634. The molecule has 0 aliphatic heterocycles. The minimum Gasteiger partial charge on any atom is -0.294 e. The van der Waals surface area contributed by atoms with E-state index in [4.69, 9.17) is 15.0 Å². The molecule has 60 heavy (non-hydrogen) atoms. The third-order valence-electron chi connectivity index (χ3n) is 11.7. The van der Waals surface area contributed by atoms with Crippen LogP contribution in [-0.4, -0.2) is 24.1 Å². The van der Waals surface area contributed by atoms with E-state index in [1.165, 1.54) is 16.5 Å². The van der Waals surface area contributed by atoms with Crippen molar-refractivity contribution in [3.63, 3.8) is 0 Å². The molecule has 0 unspecified atom stereocenters. The van der Waals surface area contributed by atoms with Gasteiger partial charge >= 0.3 is 0 Å². The second kappa shape index (κ2) is 13.8. The van der Waals surface area contributed by atoms with Crippen LogP contribution in [0.3, 0.4) is 0 Å². The molecule has 5 heteroatoms. The molecule has 0 aliphatic rings. The third-order valence-corrected chi connectivity index (χ3v) is 11.7. The summed E-state index contributed by atoms with van der Waals surface area (Å²) in [5.41, 5.74) is 13.7. The maximum absolute atomic E-state index is 5.43. The predicted octanol–water partition coefficient (Wildman–Crippen LogP) is 13.9. The Morgan fingerprint density at radius 2 is 0.783 bits per heavy atom. The van der Waals surface area contributed by atoms with Crippen LogP contribution in [0.2, 0.25) is 0 Å². The first-order valence-electron chi connectivity index (χ1n) is 20.3. The number of rotatable bonds is 6. The highest BCUT2D eigenvalue weighted by Crippen LogP contribution is 2.43. The molecule has 0 atom stereocenters. The minimum atomic E-state index is 0.634. The van der Waals surface area contributed by atoms with Crippen LogP contribution in [0.4, 0.5) is 0 Å². The smallest absolute Gasteiger partial charge is 0.235 e. The molecule has 0 fully saturated rings. The largest absolute Gasteiger partial charge is 0.294 e. The normalized spacial score (nSPS) is 11.7. The monoisotopic (exact) mass is 765 g/mol. The van der Waals surface area contributed by atoms with Gasteiger partial charge in [-0.05, 0) is 64.7 Å². The molecule has 0 N–H and O–H groups in total. The number of pyridine rings is 1. The van der Waals surface area contributed by atoms with Crippen LogP contribution in [-0.2, 0) is 0 Å². The van der Waals surface area contributed by atoms with Gasteiger partial charge in [-0.3, -0.25) is 9.13 Å². The van der Waals surface area contributed by atoms with E-state index in [1.54, 1.807) is 0 Å². The van der Waals surface area contributed by atoms with Gasteiger partial charge < -0.3 is 0 Å². The quantitative estimate of drug-likeness (QED) is 0.169. The molecule has 280 valence electrons. The lowest BCUT2D eigenvalue weighted by molar-refractivity contribution is 1.01. The van der Waals surface area contributed by atoms with Gasteiger partial charge in [-0.2, -0.15) is 0 Å². The highest BCUT2D eigenvalue weighted by Gasteiger charge is 2.23. The fraction of sp³-hybridized carbons (Fsp3) is 0. The van der Waals surface area contributed by atoms with Crippen molar-refractivity contribution < 1.29 is 0 Å². The highest BCUT2D eigenvalue weighted by atomic mass is 15.2. The Balaban J connectivity index is 1.11. The molecule has 0 bridgehead atoms. The van der Waals surface area contributed by atoms with Crippen molar-refractivity contribution in [1.29, 1.82) is 0 Å². The molecule has 0 amide bonds. The zero-order valence-corrected chi connectivity index (χ0v) is 32.4. The molecule has 12 rings (SSSR count). The highest BCUT2D eigenvalue weighted by molar-refractivity contribution is 6.28. The maximum Gasteiger partial charge on any atom is 0.235 e. The molecule has 4 aromatic heterocycles. The van der Waals surface area contributed by atoms with E-state index < -0.39 is 0 Å². The number of hydrogen-bond donors (Lipinski definition) is 0. The van der Waals surface area contributed by atoms with Crippen LogP contribution in [0.5, 0.6) is 0 Å². The summed E-state index contributed by atoms with van der Waals surface area (Å²) >= 11 is 0. The lowest BCUT2D eigenvalue weighted by Gasteiger charge is -2.13. The van der Waals surface area contributed by atoms with E-state index in [9.17, 15) is 0 Å². The van der Waals surface area contributed by atoms with E-state index >= 15 is 0 Å². The fourth-order valence-electron chi connectivity index (χ4n) is 9.00. The maximum atomic E-state index is 5.43. The Kier molecular flexibility index (Phi) is 7.78. The summed E-state index contributed by atoms with van der Waals surface area (Å²) < 4.78 is 4.57. The lowest BCUT2D eigenvalue weighted by Crippen LogP contribution is -2.03. The molecular weight excluding hydrogens is 731 g/mol. The van der Waals surface area contributed by atoms with E-state index in [-0.39, 0.29) is 0 Å². The summed E-state index contributed by atoms with van der Waals surface area (Å²) in [6, 6.07) is 74.8. The van der Waals surface area contributed by atoms with E-state index in [2.05, 4.69) is 209 Å². The summed E-state index contributed by atoms with van der Waals surface area (Å²) in [7, 11) is 0. The number of hydrogen-bond acceptors (Lipinski definition) is 3. The summed E-state index contributed by atoms with van der Waals surface area (Å²) in [6.07, 6.45) is 0. The number of nitrogens with zero attached hydrogens (tertiary/aromatic N) is 5. The Hall–Kier alpha value is -8.15. The van der Waals surface area contributed by atoms with Gasteiger partial charge in [0.2, 0.25) is 5.95 Å². The van der Waals surface area contributed by atoms with Crippen LogP contribution in [0, 0.1) is 0 Å². The first-order valence-corrected chi connectivity index (χ1v) is 20.3. The fourth-order valence-corrected chi connectivity index (χ4v) is 9.00. The van der Waals surface area contributed by atoms with Crippen molar-refractivity contribution in [2.24, 2.45) is 0 Å². The van der Waals surface area contributed by atoms with Gasteiger partial charge in [-0.1, -0.05) is 170 Å². The summed E-state index contributed by atoms with van der Waals surface area (Å²) in [5.74, 6) is 1.50. The molecule has 8 aromatic carbocycles. The molecular formula is C55H35N5. The summed E-state index contributed by atoms with van der Waals surface area (Å²) in [4.78, 5) is 16.1. The average Bonchev–Trinajstić information content (AvgIpc) is 3.85. The van der Waals surface area contributed by atoms with Crippen LogP contribution in [0.15, 0.2) is 212 Å². The first-order chi connectivity index (χ1) is 29.8. The zero-order chi connectivity index (χ0) is 39.6. The zero-order valence-electron chi connectivity index (χ0n) is 32.4. The topological polar surface area (TPSA) is 48.5 Å². The number of aromatic nitrogens is 5. The second-order valence-electron chi connectivity index (χ2n) is 15.2. The van der Waals surface area contributed by atoms with Crippen molar-refractivity contribution in [2.45, 2.75) is 0 Å². The van der Waals surface area contributed by atoms with Crippen LogP contribution in [0.1, 0.15) is 0 Å². The predicted molar refractivity (Wildman–Crippen MR) is 248 cm³/mol. The van der Waals surface area contributed by atoms with E-state index in [1.807, 2.05) is 12.1 Å². The molecule has 0 spiro atoms. The Bertz CT molecular complexity index is 3510. The van der Waals surface area contributed by atoms with E-state index in [0.717, 1.165) is 88.6 Å². The third kappa shape index (κ3) is 5.44. The molecule has 12 aromatic rings. The van der Waals surface area contributed by atoms with Gasteiger partial charge in [0.1, 0.15) is 5.82 Å². The second-order valence-corrected chi connectivity index (χ2v) is 15.2. The SMILES string of the molecule is c1ccc(-c2ccc(-c3nc(-n4c5ccccc5c5c6c7ccccc7n(-c7cc(-c8ccccc8)cc(-c8ccccc8)n7)c6ccc54)nc4ccccc34)cc2)cc1. The van der Waals surface area contributed by atoms with Crippen molar-refractivity contribution in [3.05, 3.63) is 212 Å². The van der Waals surface area contributed by atoms with Gasteiger partial charge in [-0.25, -0.2) is 15.0 Å². The van der Waals surface area contributed by atoms with Gasteiger partial charge in [0, 0.05) is 38.1 Å². The van der Waals surface area contributed by atoms with Crippen molar-refractivity contribution >= 4 is 54.5 Å². The molecule has 0 saturated heterocycles. The molecule has 0 aliphatic carbocycles. The van der Waals surface area contributed by atoms with Crippen LogP contribution >= 0.6 is 0 Å². The Morgan fingerprint density at radius 1 is 0.300 bits per heavy atom. The molecule has 0 saturated carbocycles. The lowest BCUT2D eigenvalue weighted by atomic mass is 10.0. The van der Waals surface area contributed by atoms with Crippen LogP contribution in [0.25, 0.3) is 111 Å². The first kappa shape index (κ1) is 33.9. The number of fused-ring (bicyclic) bond motifs is 8. The summed E-state index contributed by atoms with van der Waals surface area (Å²) in [5, 5.41) is 5.64. The molecule has 5 nitrogen and oxygen atoms in total. The molecule has 0 radical (unpaired) electrons.